The number of hydrogen-bond acceptors (Lipinski definition) is 2. The summed E-state index contributed by atoms with van der Waals surface area (Å²) in [5.41, 5.74) is 0. The molecule has 3 heteroatoms. The van der Waals surface area contributed by atoms with Crippen LogP contribution in [0.25, 0.3) is 0 Å². The van der Waals surface area contributed by atoms with E-state index in [2.05, 4.69) is 12.2 Å². The van der Waals surface area contributed by atoms with Crippen molar-refractivity contribution in [1.29, 1.82) is 0 Å². The van der Waals surface area contributed by atoms with Crippen LogP contribution in [0, 0.1) is 5.92 Å². The summed E-state index contributed by atoms with van der Waals surface area (Å²) in [6.45, 7) is 3.08. The Labute approximate surface area is 79.5 Å². The van der Waals surface area contributed by atoms with Gasteiger partial charge in [0.25, 0.3) is 0 Å². The van der Waals surface area contributed by atoms with E-state index in [0.29, 0.717) is 5.92 Å². The minimum Gasteiger partial charge on any atom is -0.480 e. The average molecular weight is 185 g/mol. The lowest BCUT2D eigenvalue weighted by atomic mass is 9.98. The highest BCUT2D eigenvalue weighted by molar-refractivity contribution is 5.73. The van der Waals surface area contributed by atoms with Crippen LogP contribution in [0.5, 0.6) is 0 Å². The van der Waals surface area contributed by atoms with Gasteiger partial charge >= 0.3 is 5.97 Å². The van der Waals surface area contributed by atoms with Crippen molar-refractivity contribution in [1.82, 2.24) is 5.32 Å². The van der Waals surface area contributed by atoms with Crippen LogP contribution in [0.3, 0.4) is 0 Å². The second-order valence-corrected chi connectivity index (χ2v) is 3.90. The van der Waals surface area contributed by atoms with Crippen molar-refractivity contribution in [2.75, 3.05) is 6.54 Å². The van der Waals surface area contributed by atoms with E-state index < -0.39 is 5.97 Å². The maximum atomic E-state index is 10.6. The predicted molar refractivity (Wildman–Crippen MR) is 51.7 cm³/mol. The number of aliphatic carboxylic acids is 1. The highest BCUT2D eigenvalue weighted by Crippen LogP contribution is 2.20. The summed E-state index contributed by atoms with van der Waals surface area (Å²) < 4.78 is 0. The van der Waals surface area contributed by atoms with E-state index in [1.165, 1.54) is 25.7 Å². The summed E-state index contributed by atoms with van der Waals surface area (Å²) >= 11 is 0. The van der Waals surface area contributed by atoms with E-state index in [4.69, 9.17) is 5.11 Å². The van der Waals surface area contributed by atoms with Gasteiger partial charge in [-0.25, -0.2) is 0 Å². The summed E-state index contributed by atoms with van der Waals surface area (Å²) in [6.07, 6.45) is 5.76. The minimum atomic E-state index is -0.696. The SMILES string of the molecule is CCCCCC1CN[C@H](C(=O)O)C1. The summed E-state index contributed by atoms with van der Waals surface area (Å²) in [5, 5.41) is 11.8. The second kappa shape index (κ2) is 5.22. The molecule has 1 heterocycles. The van der Waals surface area contributed by atoms with Crippen LogP contribution in [-0.4, -0.2) is 23.7 Å². The van der Waals surface area contributed by atoms with E-state index >= 15 is 0 Å². The monoisotopic (exact) mass is 185 g/mol. The number of rotatable bonds is 5. The predicted octanol–water partition coefficient (Wildman–Crippen LogP) is 1.63. The highest BCUT2D eigenvalue weighted by Gasteiger charge is 2.28. The molecule has 1 aliphatic heterocycles. The number of hydrogen-bond donors (Lipinski definition) is 2. The molecule has 2 N–H and O–H groups in total. The molecule has 0 saturated carbocycles. The van der Waals surface area contributed by atoms with Gasteiger partial charge in [-0.3, -0.25) is 4.79 Å². The zero-order chi connectivity index (χ0) is 9.68. The van der Waals surface area contributed by atoms with E-state index in [0.717, 1.165) is 13.0 Å². The van der Waals surface area contributed by atoms with Gasteiger partial charge in [0.1, 0.15) is 6.04 Å². The summed E-state index contributed by atoms with van der Waals surface area (Å²) in [6, 6.07) is -0.286. The van der Waals surface area contributed by atoms with Gasteiger partial charge in [0.05, 0.1) is 0 Å². The van der Waals surface area contributed by atoms with Gasteiger partial charge in [-0.15, -0.1) is 0 Å². The third-order valence-corrected chi connectivity index (χ3v) is 2.74. The third kappa shape index (κ3) is 3.35. The van der Waals surface area contributed by atoms with Crippen LogP contribution in [0.4, 0.5) is 0 Å². The fourth-order valence-electron chi connectivity index (χ4n) is 1.90. The van der Waals surface area contributed by atoms with Crippen LogP contribution < -0.4 is 5.32 Å². The lowest BCUT2D eigenvalue weighted by molar-refractivity contribution is -0.139. The smallest absolute Gasteiger partial charge is 0.320 e. The van der Waals surface area contributed by atoms with Gasteiger partial charge in [-0.05, 0) is 25.3 Å². The molecule has 1 unspecified atom stereocenters. The molecule has 1 saturated heterocycles. The van der Waals surface area contributed by atoms with E-state index in [1.807, 2.05) is 0 Å². The summed E-state index contributed by atoms with van der Waals surface area (Å²) in [7, 11) is 0. The number of nitrogens with one attached hydrogen (secondary N) is 1. The van der Waals surface area contributed by atoms with Gasteiger partial charge in [0, 0.05) is 0 Å². The molecule has 1 rings (SSSR count). The van der Waals surface area contributed by atoms with Crippen LogP contribution in [0.2, 0.25) is 0 Å². The third-order valence-electron chi connectivity index (χ3n) is 2.74. The Morgan fingerprint density at radius 3 is 2.85 bits per heavy atom. The Hall–Kier alpha value is -0.570. The zero-order valence-corrected chi connectivity index (χ0v) is 8.25. The van der Waals surface area contributed by atoms with E-state index in [-0.39, 0.29) is 6.04 Å². The first-order valence-electron chi connectivity index (χ1n) is 5.20. The summed E-state index contributed by atoms with van der Waals surface area (Å²) in [5.74, 6) is -0.106. The van der Waals surface area contributed by atoms with Crippen molar-refractivity contribution in [3.8, 4) is 0 Å². The van der Waals surface area contributed by atoms with Gasteiger partial charge in [-0.2, -0.15) is 0 Å². The quantitative estimate of drug-likeness (QED) is 0.640. The number of unbranched alkanes of at least 4 members (excludes halogenated alkanes) is 2. The van der Waals surface area contributed by atoms with Gasteiger partial charge in [0.15, 0.2) is 0 Å². The Kier molecular flexibility index (Phi) is 4.22. The number of carboxylic acids is 1. The molecular weight excluding hydrogens is 166 g/mol. The molecule has 0 aromatic rings. The molecule has 13 heavy (non-hydrogen) atoms. The normalized spacial score (nSPS) is 27.8. The van der Waals surface area contributed by atoms with Crippen molar-refractivity contribution in [2.45, 2.75) is 45.1 Å². The zero-order valence-electron chi connectivity index (χ0n) is 8.25. The molecule has 1 aliphatic rings. The molecule has 0 bridgehead atoms. The Balaban J connectivity index is 2.14. The maximum absolute atomic E-state index is 10.6. The first-order chi connectivity index (χ1) is 6.24. The molecule has 3 nitrogen and oxygen atoms in total. The first kappa shape index (κ1) is 10.5. The van der Waals surface area contributed by atoms with Crippen molar-refractivity contribution >= 4 is 5.97 Å². The van der Waals surface area contributed by atoms with Gasteiger partial charge < -0.3 is 10.4 Å². The van der Waals surface area contributed by atoms with E-state index in [9.17, 15) is 4.79 Å². The van der Waals surface area contributed by atoms with Crippen LogP contribution >= 0.6 is 0 Å². The molecule has 0 aliphatic carbocycles. The Morgan fingerprint density at radius 1 is 1.54 bits per heavy atom. The van der Waals surface area contributed by atoms with Gasteiger partial charge in [0.2, 0.25) is 0 Å². The van der Waals surface area contributed by atoms with Crippen LogP contribution in [0.15, 0.2) is 0 Å². The van der Waals surface area contributed by atoms with Crippen molar-refractivity contribution < 1.29 is 9.90 Å². The largest absolute Gasteiger partial charge is 0.480 e. The molecule has 0 aromatic heterocycles. The molecule has 76 valence electrons. The standard InChI is InChI=1S/C10H19NO2/c1-2-3-4-5-8-6-9(10(12)13)11-7-8/h8-9,11H,2-7H2,1H3,(H,12,13)/t8?,9-/m0/s1. The Morgan fingerprint density at radius 2 is 2.31 bits per heavy atom. The van der Waals surface area contributed by atoms with Crippen molar-refractivity contribution in [2.24, 2.45) is 5.92 Å². The maximum Gasteiger partial charge on any atom is 0.320 e. The Bertz CT molecular complexity index is 170. The lowest BCUT2D eigenvalue weighted by Crippen LogP contribution is -2.29. The molecular formula is C10H19NO2. The van der Waals surface area contributed by atoms with Crippen molar-refractivity contribution in [3.63, 3.8) is 0 Å². The molecule has 0 aromatic carbocycles. The number of carboxylic acid groups (broad SMARTS) is 1. The summed E-state index contributed by atoms with van der Waals surface area (Å²) in [4.78, 5) is 10.6. The topological polar surface area (TPSA) is 49.3 Å². The van der Waals surface area contributed by atoms with Gasteiger partial charge in [-0.1, -0.05) is 26.2 Å². The molecule has 0 amide bonds. The lowest BCUT2D eigenvalue weighted by Gasteiger charge is -2.06. The molecule has 0 spiro atoms. The van der Waals surface area contributed by atoms with Crippen molar-refractivity contribution in [3.05, 3.63) is 0 Å². The van der Waals surface area contributed by atoms with Crippen LogP contribution in [-0.2, 0) is 4.79 Å². The molecule has 2 atom stereocenters. The number of carbonyl (C=O) groups is 1. The fourth-order valence-corrected chi connectivity index (χ4v) is 1.90. The highest BCUT2D eigenvalue weighted by atomic mass is 16.4. The van der Waals surface area contributed by atoms with E-state index in [1.54, 1.807) is 0 Å². The van der Waals surface area contributed by atoms with Crippen LogP contribution in [0.1, 0.15) is 39.0 Å². The molecule has 0 radical (unpaired) electrons. The average Bonchev–Trinajstić information content (AvgIpc) is 2.53. The fraction of sp³-hybridized carbons (Fsp3) is 0.900. The minimum absolute atomic E-state index is 0.286. The second-order valence-electron chi connectivity index (χ2n) is 3.90. The molecule has 1 fully saturated rings. The first-order valence-corrected chi connectivity index (χ1v) is 5.20.